The number of thioether (sulfide) groups is 2. The first-order chi connectivity index (χ1) is 10.6. The zero-order chi connectivity index (χ0) is 15.9. The minimum atomic E-state index is 0.0103. The van der Waals surface area contributed by atoms with Crippen molar-refractivity contribution >= 4 is 46.7 Å². The molecule has 1 amide bonds. The highest BCUT2D eigenvalue weighted by Gasteiger charge is 2.05. The lowest BCUT2D eigenvalue weighted by molar-refractivity contribution is -0.113. The second-order valence-corrected chi connectivity index (χ2v) is 7.15. The van der Waals surface area contributed by atoms with E-state index < -0.39 is 0 Å². The Labute approximate surface area is 145 Å². The molecule has 0 unspecified atom stereocenters. The molecule has 116 valence electrons. The molecule has 0 spiro atoms. The molecule has 22 heavy (non-hydrogen) atoms. The van der Waals surface area contributed by atoms with Gasteiger partial charge in [-0.25, -0.2) is 0 Å². The molecule has 0 fully saturated rings. The minimum absolute atomic E-state index is 0.0103. The van der Waals surface area contributed by atoms with Gasteiger partial charge in [0.25, 0.3) is 0 Å². The molecule has 0 saturated heterocycles. The maximum Gasteiger partial charge on any atom is 0.234 e. The number of anilines is 1. The standard InChI is InChI=1S/C17H18ClNOS2/c1-12-9-14(18)5-8-16(12)19-17(20)11-22-10-13-3-6-15(21-2)7-4-13/h3-9H,10-11H2,1-2H3,(H,19,20). The number of benzene rings is 2. The zero-order valence-electron chi connectivity index (χ0n) is 12.6. The Hall–Kier alpha value is -1.10. The Bertz CT molecular complexity index is 644. The van der Waals surface area contributed by atoms with Gasteiger partial charge in [-0.3, -0.25) is 4.79 Å². The Morgan fingerprint density at radius 1 is 1.18 bits per heavy atom. The fraction of sp³-hybridized carbons (Fsp3) is 0.235. The van der Waals surface area contributed by atoms with Crippen molar-refractivity contribution in [2.45, 2.75) is 17.6 Å². The van der Waals surface area contributed by atoms with Gasteiger partial charge in [-0.15, -0.1) is 23.5 Å². The number of rotatable bonds is 6. The molecule has 0 aliphatic heterocycles. The highest BCUT2D eigenvalue weighted by atomic mass is 35.5. The van der Waals surface area contributed by atoms with E-state index in [0.29, 0.717) is 10.8 Å². The fourth-order valence-corrected chi connectivity index (χ4v) is 3.36. The van der Waals surface area contributed by atoms with E-state index >= 15 is 0 Å². The molecule has 5 heteroatoms. The molecule has 0 aromatic heterocycles. The van der Waals surface area contributed by atoms with Crippen molar-refractivity contribution in [1.29, 1.82) is 0 Å². The SMILES string of the molecule is CSc1ccc(CSCC(=O)Nc2ccc(Cl)cc2C)cc1. The quantitative estimate of drug-likeness (QED) is 0.721. The number of amides is 1. The first-order valence-electron chi connectivity index (χ1n) is 6.85. The molecular formula is C17H18ClNOS2. The normalized spacial score (nSPS) is 10.5. The van der Waals surface area contributed by atoms with E-state index in [2.05, 4.69) is 35.8 Å². The van der Waals surface area contributed by atoms with E-state index in [1.165, 1.54) is 10.5 Å². The third-order valence-corrected chi connectivity index (χ3v) is 5.11. The summed E-state index contributed by atoms with van der Waals surface area (Å²) in [5.74, 6) is 1.28. The second-order valence-electron chi connectivity index (χ2n) is 4.85. The van der Waals surface area contributed by atoms with Gasteiger partial charge >= 0.3 is 0 Å². The molecule has 0 saturated carbocycles. The molecule has 0 aliphatic carbocycles. The molecule has 0 atom stereocenters. The van der Waals surface area contributed by atoms with Crippen LogP contribution in [0.1, 0.15) is 11.1 Å². The van der Waals surface area contributed by atoms with E-state index in [9.17, 15) is 4.79 Å². The lowest BCUT2D eigenvalue weighted by Crippen LogP contribution is -2.14. The third-order valence-electron chi connectivity index (χ3n) is 3.12. The summed E-state index contributed by atoms with van der Waals surface area (Å²) in [6.45, 7) is 1.93. The summed E-state index contributed by atoms with van der Waals surface area (Å²) in [7, 11) is 0. The van der Waals surface area contributed by atoms with E-state index in [-0.39, 0.29) is 5.91 Å². The first-order valence-corrected chi connectivity index (χ1v) is 9.61. The van der Waals surface area contributed by atoms with E-state index in [1.807, 2.05) is 19.1 Å². The van der Waals surface area contributed by atoms with E-state index in [1.54, 1.807) is 29.6 Å². The van der Waals surface area contributed by atoms with Gasteiger partial charge in [0.2, 0.25) is 5.91 Å². The Morgan fingerprint density at radius 2 is 1.91 bits per heavy atom. The molecule has 0 radical (unpaired) electrons. The Balaban J connectivity index is 1.79. The number of nitrogens with one attached hydrogen (secondary N) is 1. The van der Waals surface area contributed by atoms with Crippen LogP contribution in [0.15, 0.2) is 47.4 Å². The van der Waals surface area contributed by atoms with E-state index in [4.69, 9.17) is 11.6 Å². The highest BCUT2D eigenvalue weighted by molar-refractivity contribution is 7.99. The van der Waals surface area contributed by atoms with Crippen LogP contribution in [0, 0.1) is 6.92 Å². The number of aryl methyl sites for hydroxylation is 1. The van der Waals surface area contributed by atoms with Crippen LogP contribution in [-0.2, 0) is 10.5 Å². The van der Waals surface area contributed by atoms with Gasteiger partial charge in [0.15, 0.2) is 0 Å². The molecule has 0 heterocycles. The van der Waals surface area contributed by atoms with Crippen LogP contribution in [0.5, 0.6) is 0 Å². The number of halogens is 1. The van der Waals surface area contributed by atoms with Gasteiger partial charge in [0, 0.05) is 21.4 Å². The van der Waals surface area contributed by atoms with Crippen molar-refractivity contribution in [1.82, 2.24) is 0 Å². The van der Waals surface area contributed by atoms with Crippen molar-refractivity contribution < 1.29 is 4.79 Å². The van der Waals surface area contributed by atoms with Crippen LogP contribution in [0.2, 0.25) is 5.02 Å². The van der Waals surface area contributed by atoms with Crippen LogP contribution in [-0.4, -0.2) is 17.9 Å². The number of hydrogen-bond acceptors (Lipinski definition) is 3. The molecule has 0 bridgehead atoms. The molecular weight excluding hydrogens is 334 g/mol. The number of carbonyl (C=O) groups is 1. The fourth-order valence-electron chi connectivity index (χ4n) is 1.94. The summed E-state index contributed by atoms with van der Waals surface area (Å²) >= 11 is 9.25. The van der Waals surface area contributed by atoms with Crippen molar-refractivity contribution in [3.05, 3.63) is 58.6 Å². The second kappa shape index (κ2) is 8.51. The molecule has 1 N–H and O–H groups in total. The van der Waals surface area contributed by atoms with E-state index in [0.717, 1.165) is 17.0 Å². The van der Waals surface area contributed by atoms with Crippen LogP contribution in [0.25, 0.3) is 0 Å². The molecule has 2 nitrogen and oxygen atoms in total. The summed E-state index contributed by atoms with van der Waals surface area (Å²) in [5.41, 5.74) is 3.02. The first kappa shape index (κ1) is 17.3. The van der Waals surface area contributed by atoms with Gasteiger partial charge in [-0.1, -0.05) is 23.7 Å². The largest absolute Gasteiger partial charge is 0.325 e. The topological polar surface area (TPSA) is 29.1 Å². The molecule has 0 aliphatic rings. The van der Waals surface area contributed by atoms with Crippen molar-refractivity contribution in [3.8, 4) is 0 Å². The maximum atomic E-state index is 12.0. The lowest BCUT2D eigenvalue weighted by atomic mass is 10.2. The summed E-state index contributed by atoms with van der Waals surface area (Å²) in [5, 5.41) is 3.60. The predicted molar refractivity (Wildman–Crippen MR) is 99.2 cm³/mol. The van der Waals surface area contributed by atoms with Crippen LogP contribution in [0.3, 0.4) is 0 Å². The van der Waals surface area contributed by atoms with Gasteiger partial charge in [0.05, 0.1) is 5.75 Å². The molecule has 2 aromatic carbocycles. The smallest absolute Gasteiger partial charge is 0.234 e. The average Bonchev–Trinajstić information content (AvgIpc) is 2.51. The molecule has 2 rings (SSSR count). The highest BCUT2D eigenvalue weighted by Crippen LogP contribution is 2.21. The Kier molecular flexibility index (Phi) is 6.68. The molecule has 2 aromatic rings. The summed E-state index contributed by atoms with van der Waals surface area (Å²) < 4.78 is 0. The van der Waals surface area contributed by atoms with Crippen LogP contribution >= 0.6 is 35.1 Å². The van der Waals surface area contributed by atoms with Crippen molar-refractivity contribution in [2.24, 2.45) is 0 Å². The minimum Gasteiger partial charge on any atom is -0.325 e. The zero-order valence-corrected chi connectivity index (χ0v) is 14.9. The summed E-state index contributed by atoms with van der Waals surface area (Å²) in [6.07, 6.45) is 2.06. The van der Waals surface area contributed by atoms with Gasteiger partial charge in [-0.2, -0.15) is 0 Å². The van der Waals surface area contributed by atoms with Gasteiger partial charge in [0.1, 0.15) is 0 Å². The van der Waals surface area contributed by atoms with Gasteiger partial charge < -0.3 is 5.32 Å². The monoisotopic (exact) mass is 351 g/mol. The third kappa shape index (κ3) is 5.27. The summed E-state index contributed by atoms with van der Waals surface area (Å²) in [6, 6.07) is 13.9. The predicted octanol–water partition coefficient (Wildman–Crippen LogP) is 5.24. The lowest BCUT2D eigenvalue weighted by Gasteiger charge is -2.08. The van der Waals surface area contributed by atoms with Crippen LogP contribution < -0.4 is 5.32 Å². The number of hydrogen-bond donors (Lipinski definition) is 1. The average molecular weight is 352 g/mol. The number of carbonyl (C=O) groups excluding carboxylic acids is 1. The summed E-state index contributed by atoms with van der Waals surface area (Å²) in [4.78, 5) is 13.2. The van der Waals surface area contributed by atoms with Crippen molar-refractivity contribution in [2.75, 3.05) is 17.3 Å². The van der Waals surface area contributed by atoms with Gasteiger partial charge in [-0.05, 0) is 54.6 Å². The maximum absolute atomic E-state index is 12.0. The Morgan fingerprint density at radius 3 is 2.55 bits per heavy atom. The van der Waals surface area contributed by atoms with Crippen molar-refractivity contribution in [3.63, 3.8) is 0 Å². The van der Waals surface area contributed by atoms with Crippen LogP contribution in [0.4, 0.5) is 5.69 Å².